The Kier molecular flexibility index (Phi) is 4.89. The van der Waals surface area contributed by atoms with Gasteiger partial charge >= 0.3 is 0 Å². The molecule has 0 bridgehead atoms. The van der Waals surface area contributed by atoms with Gasteiger partial charge in [0, 0.05) is 25.5 Å². The molecule has 3 rings (SSSR count). The zero-order valence-electron chi connectivity index (χ0n) is 14.2. The van der Waals surface area contributed by atoms with Crippen molar-refractivity contribution in [2.24, 2.45) is 0 Å². The van der Waals surface area contributed by atoms with Gasteiger partial charge < -0.3 is 5.32 Å². The molecule has 7 nitrogen and oxygen atoms in total. The smallest absolute Gasteiger partial charge is 0.230 e. The van der Waals surface area contributed by atoms with E-state index in [2.05, 4.69) is 15.6 Å². The molecule has 0 radical (unpaired) electrons. The topological polar surface area (TPSA) is 94.0 Å². The monoisotopic (exact) mass is 362 g/mol. The summed E-state index contributed by atoms with van der Waals surface area (Å²) < 4.78 is 24.9. The van der Waals surface area contributed by atoms with Gasteiger partial charge in [0.1, 0.15) is 0 Å². The molecule has 1 heterocycles. The van der Waals surface area contributed by atoms with Crippen molar-refractivity contribution in [1.82, 2.24) is 20.3 Å². The number of benzene rings is 1. The Balaban J connectivity index is 1.62. The van der Waals surface area contributed by atoms with Crippen LogP contribution < -0.4 is 5.32 Å². The minimum atomic E-state index is -3.23. The molecule has 0 aliphatic heterocycles. The van der Waals surface area contributed by atoms with E-state index in [0.717, 1.165) is 31.2 Å². The third-order valence-corrected chi connectivity index (χ3v) is 5.93. The van der Waals surface area contributed by atoms with E-state index < -0.39 is 15.3 Å². The second-order valence-corrected chi connectivity index (χ2v) is 8.52. The molecular weight excluding hydrogens is 340 g/mol. The van der Waals surface area contributed by atoms with Crippen LogP contribution in [0.2, 0.25) is 0 Å². The highest BCUT2D eigenvalue weighted by atomic mass is 32.2. The van der Waals surface area contributed by atoms with Crippen molar-refractivity contribution in [3.05, 3.63) is 42.2 Å². The number of aryl methyl sites for hydroxylation is 1. The number of sulfone groups is 1. The first-order valence-electron chi connectivity index (χ1n) is 8.35. The third-order valence-electron chi connectivity index (χ3n) is 4.80. The van der Waals surface area contributed by atoms with E-state index in [0.29, 0.717) is 13.1 Å². The molecule has 0 saturated heterocycles. The Morgan fingerprint density at radius 2 is 2.00 bits per heavy atom. The first kappa shape index (κ1) is 17.6. The number of carbonyl (C=O) groups excluding carboxylic acids is 1. The van der Waals surface area contributed by atoms with Crippen LogP contribution in [-0.4, -0.2) is 42.1 Å². The molecule has 8 heteroatoms. The van der Waals surface area contributed by atoms with Crippen molar-refractivity contribution in [3.8, 4) is 0 Å². The summed E-state index contributed by atoms with van der Waals surface area (Å²) >= 11 is 0. The van der Waals surface area contributed by atoms with Gasteiger partial charge in [-0.2, -0.15) is 0 Å². The molecule has 0 unspecified atom stereocenters. The minimum absolute atomic E-state index is 0.0180. The number of hydrogen-bond donors (Lipinski definition) is 1. The van der Waals surface area contributed by atoms with Crippen LogP contribution in [0.1, 0.15) is 31.2 Å². The number of aromatic nitrogens is 3. The van der Waals surface area contributed by atoms with Crippen molar-refractivity contribution in [3.63, 3.8) is 0 Å². The number of nitrogens with one attached hydrogen (secondary N) is 1. The zero-order valence-corrected chi connectivity index (χ0v) is 15.0. The predicted molar refractivity (Wildman–Crippen MR) is 92.7 cm³/mol. The highest BCUT2D eigenvalue weighted by molar-refractivity contribution is 7.90. The Labute approximate surface area is 147 Å². The summed E-state index contributed by atoms with van der Waals surface area (Å²) in [6.45, 7) is 1.28. The maximum atomic E-state index is 12.7. The molecule has 0 spiro atoms. The van der Waals surface area contributed by atoms with E-state index in [4.69, 9.17) is 0 Å². The summed E-state index contributed by atoms with van der Waals surface area (Å²) in [7, 11) is -3.23. The van der Waals surface area contributed by atoms with E-state index in [1.165, 1.54) is 6.26 Å². The van der Waals surface area contributed by atoms with Gasteiger partial charge in [-0.25, -0.2) is 8.42 Å². The number of nitrogens with zero attached hydrogens (tertiary/aromatic N) is 3. The van der Waals surface area contributed by atoms with Gasteiger partial charge in [-0.3, -0.25) is 9.48 Å². The van der Waals surface area contributed by atoms with Crippen LogP contribution in [0.25, 0.3) is 0 Å². The summed E-state index contributed by atoms with van der Waals surface area (Å²) in [6.07, 6.45) is 7.96. The second-order valence-electron chi connectivity index (χ2n) is 6.51. The molecular formula is C17H22N4O3S. The van der Waals surface area contributed by atoms with Crippen LogP contribution in [0.5, 0.6) is 0 Å². The van der Waals surface area contributed by atoms with Gasteiger partial charge in [-0.15, -0.1) is 5.10 Å². The number of rotatable bonds is 7. The molecule has 1 amide bonds. The molecule has 1 aromatic carbocycles. The number of hydrogen-bond acceptors (Lipinski definition) is 5. The van der Waals surface area contributed by atoms with Crippen LogP contribution in [-0.2, 0) is 26.6 Å². The van der Waals surface area contributed by atoms with Crippen LogP contribution in [0, 0.1) is 0 Å². The van der Waals surface area contributed by atoms with Crippen molar-refractivity contribution in [1.29, 1.82) is 0 Å². The van der Waals surface area contributed by atoms with Gasteiger partial charge in [0.05, 0.1) is 16.5 Å². The van der Waals surface area contributed by atoms with Crippen LogP contribution >= 0.6 is 0 Å². The largest absolute Gasteiger partial charge is 0.355 e. The summed E-state index contributed by atoms with van der Waals surface area (Å²) in [6, 6.07) is 6.71. The number of carbonyl (C=O) groups is 1. The molecule has 134 valence electrons. The molecule has 1 fully saturated rings. The van der Waals surface area contributed by atoms with E-state index in [9.17, 15) is 13.2 Å². The Morgan fingerprint density at radius 1 is 1.28 bits per heavy atom. The Hall–Kier alpha value is -2.22. The average Bonchev–Trinajstić information content (AvgIpc) is 3.03. The van der Waals surface area contributed by atoms with E-state index in [1.807, 2.05) is 0 Å². The molecule has 0 atom stereocenters. The molecule has 1 aliphatic rings. The molecule has 1 aliphatic carbocycles. The Morgan fingerprint density at radius 3 is 2.52 bits per heavy atom. The summed E-state index contributed by atoms with van der Waals surface area (Å²) in [4.78, 5) is 13.0. The lowest BCUT2D eigenvalue weighted by Gasteiger charge is -2.40. The molecule has 1 saturated carbocycles. The fourth-order valence-corrected chi connectivity index (χ4v) is 3.79. The summed E-state index contributed by atoms with van der Waals surface area (Å²) in [5, 5.41) is 10.6. The normalized spacial score (nSPS) is 16.2. The first-order valence-corrected chi connectivity index (χ1v) is 10.2. The van der Waals surface area contributed by atoms with Crippen molar-refractivity contribution in [2.75, 3.05) is 12.8 Å². The maximum absolute atomic E-state index is 12.7. The predicted octanol–water partition coefficient (Wildman–Crippen LogP) is 1.31. The quantitative estimate of drug-likeness (QED) is 0.750. The SMILES string of the molecule is CS(=O)(=O)c1ccc(C2(C(=O)NCCCn3ccnn3)CCC2)cc1. The lowest BCUT2D eigenvalue weighted by atomic mass is 9.64. The van der Waals surface area contributed by atoms with E-state index >= 15 is 0 Å². The zero-order chi connectivity index (χ0) is 17.9. The first-order chi connectivity index (χ1) is 11.9. The fourth-order valence-electron chi connectivity index (χ4n) is 3.16. The fraction of sp³-hybridized carbons (Fsp3) is 0.471. The minimum Gasteiger partial charge on any atom is -0.355 e. The van der Waals surface area contributed by atoms with Gasteiger partial charge in [0.15, 0.2) is 9.84 Å². The lowest BCUT2D eigenvalue weighted by Crippen LogP contribution is -2.49. The standard InChI is InChI=1S/C17H22N4O3S/c1-25(23,24)15-6-4-14(5-7-15)17(8-2-9-17)16(22)18-10-3-12-21-13-11-19-20-21/h4-7,11,13H,2-3,8-10,12H2,1H3,(H,18,22). The lowest BCUT2D eigenvalue weighted by molar-refractivity contribution is -0.129. The van der Waals surface area contributed by atoms with Gasteiger partial charge in [0.2, 0.25) is 5.91 Å². The molecule has 1 N–H and O–H groups in total. The summed E-state index contributed by atoms with van der Waals surface area (Å²) in [5.74, 6) is 0.0180. The van der Waals surface area contributed by atoms with E-state index in [1.54, 1.807) is 41.3 Å². The van der Waals surface area contributed by atoms with Crippen LogP contribution in [0.3, 0.4) is 0 Å². The van der Waals surface area contributed by atoms with Crippen molar-refractivity contribution < 1.29 is 13.2 Å². The third kappa shape index (κ3) is 3.73. The molecule has 1 aromatic heterocycles. The van der Waals surface area contributed by atoms with Gasteiger partial charge in [0.25, 0.3) is 0 Å². The van der Waals surface area contributed by atoms with Crippen LogP contribution in [0.15, 0.2) is 41.6 Å². The number of amides is 1. The van der Waals surface area contributed by atoms with E-state index in [-0.39, 0.29) is 10.8 Å². The van der Waals surface area contributed by atoms with Gasteiger partial charge in [-0.05, 0) is 37.0 Å². The highest BCUT2D eigenvalue weighted by Crippen LogP contribution is 2.44. The average molecular weight is 362 g/mol. The van der Waals surface area contributed by atoms with Gasteiger partial charge in [-0.1, -0.05) is 23.8 Å². The molecule has 25 heavy (non-hydrogen) atoms. The van der Waals surface area contributed by atoms with Crippen LogP contribution in [0.4, 0.5) is 0 Å². The van der Waals surface area contributed by atoms with Crippen molar-refractivity contribution in [2.45, 2.75) is 42.5 Å². The molecule has 2 aromatic rings. The summed E-state index contributed by atoms with van der Waals surface area (Å²) in [5.41, 5.74) is 0.364. The Bertz CT molecular complexity index is 825. The van der Waals surface area contributed by atoms with Crippen molar-refractivity contribution >= 4 is 15.7 Å². The highest BCUT2D eigenvalue weighted by Gasteiger charge is 2.45. The maximum Gasteiger partial charge on any atom is 0.230 e. The second kappa shape index (κ2) is 6.95.